The van der Waals surface area contributed by atoms with Crippen molar-refractivity contribution in [2.24, 2.45) is 0 Å². The Morgan fingerprint density at radius 2 is 1.88 bits per heavy atom. The lowest BCUT2D eigenvalue weighted by Gasteiger charge is -1.96. The van der Waals surface area contributed by atoms with E-state index >= 15 is 0 Å². The topological polar surface area (TPSA) is 38.9 Å². The molecule has 0 atom stereocenters. The van der Waals surface area contributed by atoms with E-state index < -0.39 is 0 Å². The quantitative estimate of drug-likeness (QED) is 0.727. The standard InChI is InChI=1S/C13H9BrN2S/c14-9-3-1-8(2-4-9)12-7-10-11(17-12)5-6-16-13(10)15/h1-7H,(H2,15,16). The maximum Gasteiger partial charge on any atom is 0.132 e. The van der Waals surface area contributed by atoms with Crippen molar-refractivity contribution in [3.8, 4) is 10.4 Å². The van der Waals surface area contributed by atoms with Gasteiger partial charge in [-0.2, -0.15) is 0 Å². The summed E-state index contributed by atoms with van der Waals surface area (Å²) in [5, 5.41) is 1.04. The second kappa shape index (κ2) is 4.13. The predicted octanol–water partition coefficient (Wildman–Crippen LogP) is 4.31. The van der Waals surface area contributed by atoms with Crippen molar-refractivity contribution in [2.75, 3.05) is 5.73 Å². The van der Waals surface area contributed by atoms with Gasteiger partial charge in [0.1, 0.15) is 5.82 Å². The lowest BCUT2D eigenvalue weighted by molar-refractivity contribution is 1.38. The number of benzene rings is 1. The molecule has 3 aromatic rings. The summed E-state index contributed by atoms with van der Waals surface area (Å²) in [6.45, 7) is 0. The number of hydrogen-bond acceptors (Lipinski definition) is 3. The van der Waals surface area contributed by atoms with Gasteiger partial charge in [-0.3, -0.25) is 0 Å². The van der Waals surface area contributed by atoms with Crippen LogP contribution in [-0.2, 0) is 0 Å². The molecule has 0 aliphatic heterocycles. The van der Waals surface area contributed by atoms with Crippen LogP contribution in [0.2, 0.25) is 0 Å². The van der Waals surface area contributed by atoms with Gasteiger partial charge in [0.25, 0.3) is 0 Å². The third-order valence-electron chi connectivity index (χ3n) is 2.61. The minimum atomic E-state index is 0.599. The molecule has 0 spiro atoms. The number of anilines is 1. The van der Waals surface area contributed by atoms with Gasteiger partial charge in [-0.25, -0.2) is 4.98 Å². The highest BCUT2D eigenvalue weighted by Crippen LogP contribution is 2.35. The van der Waals surface area contributed by atoms with Gasteiger partial charge in [0.15, 0.2) is 0 Å². The highest BCUT2D eigenvalue weighted by atomic mass is 79.9. The Kier molecular flexibility index (Phi) is 2.61. The highest BCUT2D eigenvalue weighted by molar-refractivity contribution is 9.10. The number of fused-ring (bicyclic) bond motifs is 1. The van der Waals surface area contributed by atoms with Crippen LogP contribution in [0.4, 0.5) is 5.82 Å². The van der Waals surface area contributed by atoms with Crippen LogP contribution in [0.25, 0.3) is 20.5 Å². The van der Waals surface area contributed by atoms with Crippen molar-refractivity contribution in [3.05, 3.63) is 47.1 Å². The summed E-state index contributed by atoms with van der Waals surface area (Å²) >= 11 is 5.17. The number of halogens is 1. The summed E-state index contributed by atoms with van der Waals surface area (Å²) in [6, 6.07) is 12.4. The Labute approximate surface area is 111 Å². The average molecular weight is 305 g/mol. The summed E-state index contributed by atoms with van der Waals surface area (Å²) in [7, 11) is 0. The summed E-state index contributed by atoms with van der Waals surface area (Å²) in [5.41, 5.74) is 7.06. The van der Waals surface area contributed by atoms with E-state index in [2.05, 4.69) is 39.1 Å². The average Bonchev–Trinajstić information content (AvgIpc) is 2.75. The third kappa shape index (κ3) is 1.94. The molecular weight excluding hydrogens is 296 g/mol. The van der Waals surface area contributed by atoms with E-state index in [0.29, 0.717) is 5.82 Å². The lowest BCUT2D eigenvalue weighted by Crippen LogP contribution is -1.87. The van der Waals surface area contributed by atoms with Crippen LogP contribution in [0.3, 0.4) is 0 Å². The molecule has 0 saturated carbocycles. The van der Waals surface area contributed by atoms with Crippen LogP contribution in [0, 0.1) is 0 Å². The number of rotatable bonds is 1. The predicted molar refractivity (Wildman–Crippen MR) is 77.2 cm³/mol. The van der Waals surface area contributed by atoms with Gasteiger partial charge >= 0.3 is 0 Å². The molecule has 1 aromatic carbocycles. The zero-order chi connectivity index (χ0) is 11.8. The van der Waals surface area contributed by atoms with Crippen LogP contribution in [0.5, 0.6) is 0 Å². The highest BCUT2D eigenvalue weighted by Gasteiger charge is 2.06. The lowest BCUT2D eigenvalue weighted by atomic mass is 10.2. The molecule has 2 nitrogen and oxygen atoms in total. The molecule has 0 aliphatic carbocycles. The Bertz CT molecular complexity index is 673. The largest absolute Gasteiger partial charge is 0.383 e. The zero-order valence-electron chi connectivity index (χ0n) is 8.85. The van der Waals surface area contributed by atoms with Crippen LogP contribution < -0.4 is 5.73 Å². The minimum Gasteiger partial charge on any atom is -0.383 e. The Morgan fingerprint density at radius 3 is 2.59 bits per heavy atom. The second-order valence-electron chi connectivity index (χ2n) is 3.73. The van der Waals surface area contributed by atoms with Crippen molar-refractivity contribution in [3.63, 3.8) is 0 Å². The molecule has 0 amide bonds. The molecule has 17 heavy (non-hydrogen) atoms. The Balaban J connectivity index is 2.18. The fraction of sp³-hybridized carbons (Fsp3) is 0. The van der Waals surface area contributed by atoms with Crippen molar-refractivity contribution >= 4 is 43.2 Å². The monoisotopic (exact) mass is 304 g/mol. The number of nitrogens with zero attached hydrogens (tertiary/aromatic N) is 1. The first-order chi connectivity index (χ1) is 8.24. The smallest absolute Gasteiger partial charge is 0.132 e. The molecule has 0 radical (unpaired) electrons. The van der Waals surface area contributed by atoms with Crippen molar-refractivity contribution in [1.82, 2.24) is 4.98 Å². The van der Waals surface area contributed by atoms with Gasteiger partial charge in [0.05, 0.1) is 0 Å². The van der Waals surface area contributed by atoms with Gasteiger partial charge in [-0.1, -0.05) is 28.1 Å². The van der Waals surface area contributed by atoms with Crippen LogP contribution in [-0.4, -0.2) is 4.98 Å². The van der Waals surface area contributed by atoms with Crippen molar-refractivity contribution < 1.29 is 0 Å². The first kappa shape index (κ1) is 10.7. The maximum atomic E-state index is 5.86. The summed E-state index contributed by atoms with van der Waals surface area (Å²) in [6.07, 6.45) is 1.75. The molecule has 84 valence electrons. The van der Waals surface area contributed by atoms with Crippen molar-refractivity contribution in [2.45, 2.75) is 0 Å². The summed E-state index contributed by atoms with van der Waals surface area (Å²) in [4.78, 5) is 5.32. The van der Waals surface area contributed by atoms with Gasteiger partial charge in [-0.15, -0.1) is 11.3 Å². The third-order valence-corrected chi connectivity index (χ3v) is 4.28. The van der Waals surface area contributed by atoms with Crippen molar-refractivity contribution in [1.29, 1.82) is 0 Å². The Morgan fingerprint density at radius 1 is 1.12 bits per heavy atom. The molecule has 2 N–H and O–H groups in total. The molecule has 2 heterocycles. The minimum absolute atomic E-state index is 0.599. The number of nitrogen functional groups attached to an aromatic ring is 1. The van der Waals surface area contributed by atoms with E-state index in [0.717, 1.165) is 9.86 Å². The van der Waals surface area contributed by atoms with Crippen LogP contribution in [0.15, 0.2) is 47.1 Å². The van der Waals surface area contributed by atoms with E-state index in [1.807, 2.05) is 18.2 Å². The molecule has 4 heteroatoms. The molecule has 0 bridgehead atoms. The van der Waals surface area contributed by atoms with E-state index in [9.17, 15) is 0 Å². The number of aromatic nitrogens is 1. The number of pyridine rings is 1. The van der Waals surface area contributed by atoms with Gasteiger partial charge in [0, 0.05) is 25.6 Å². The second-order valence-corrected chi connectivity index (χ2v) is 5.72. The normalized spacial score (nSPS) is 10.9. The fourth-order valence-electron chi connectivity index (χ4n) is 1.74. The number of thiophene rings is 1. The summed E-state index contributed by atoms with van der Waals surface area (Å²) < 4.78 is 2.26. The molecule has 2 aromatic heterocycles. The van der Waals surface area contributed by atoms with Crippen LogP contribution >= 0.6 is 27.3 Å². The summed E-state index contributed by atoms with van der Waals surface area (Å²) in [5.74, 6) is 0.599. The Hall–Kier alpha value is -1.39. The molecular formula is C13H9BrN2S. The fourth-order valence-corrected chi connectivity index (χ4v) is 3.07. The van der Waals surface area contributed by atoms with E-state index in [1.165, 1.54) is 15.1 Å². The first-order valence-corrected chi connectivity index (χ1v) is 6.75. The van der Waals surface area contributed by atoms with E-state index in [1.54, 1.807) is 17.5 Å². The van der Waals surface area contributed by atoms with Gasteiger partial charge < -0.3 is 5.73 Å². The molecule has 0 saturated heterocycles. The SMILES string of the molecule is Nc1nccc2sc(-c3ccc(Br)cc3)cc12. The van der Waals surface area contributed by atoms with Crippen LogP contribution in [0.1, 0.15) is 0 Å². The van der Waals surface area contributed by atoms with E-state index in [-0.39, 0.29) is 0 Å². The van der Waals surface area contributed by atoms with Gasteiger partial charge in [-0.05, 0) is 29.8 Å². The molecule has 3 rings (SSSR count). The molecule has 0 unspecified atom stereocenters. The van der Waals surface area contributed by atoms with Gasteiger partial charge in [0.2, 0.25) is 0 Å². The first-order valence-electron chi connectivity index (χ1n) is 5.14. The number of hydrogen-bond donors (Lipinski definition) is 1. The molecule has 0 fully saturated rings. The number of nitrogens with two attached hydrogens (primary N) is 1. The maximum absolute atomic E-state index is 5.86. The van der Waals surface area contributed by atoms with E-state index in [4.69, 9.17) is 5.73 Å². The zero-order valence-corrected chi connectivity index (χ0v) is 11.3. The molecule has 0 aliphatic rings.